The molecule has 3 aliphatic heterocycles. The van der Waals surface area contributed by atoms with Crippen molar-refractivity contribution in [2.75, 3.05) is 32.7 Å². The second-order valence-electron chi connectivity index (χ2n) is 20.5. The van der Waals surface area contributed by atoms with E-state index in [0.29, 0.717) is 37.6 Å². The fourth-order valence-electron chi connectivity index (χ4n) is 8.07. The van der Waals surface area contributed by atoms with E-state index in [9.17, 15) is 8.42 Å². The van der Waals surface area contributed by atoms with Crippen molar-refractivity contribution in [2.24, 2.45) is 11.8 Å². The van der Waals surface area contributed by atoms with E-state index in [1.165, 1.54) is 0 Å². The molecule has 0 saturated carbocycles. The summed E-state index contributed by atoms with van der Waals surface area (Å²) >= 11 is 0. The van der Waals surface area contributed by atoms with Gasteiger partial charge in [0.05, 0.1) is 79.3 Å². The van der Waals surface area contributed by atoms with Crippen LogP contribution in [0.2, 0.25) is 36.3 Å². The van der Waals surface area contributed by atoms with E-state index in [2.05, 4.69) is 100 Å². The van der Waals surface area contributed by atoms with Crippen molar-refractivity contribution in [3.05, 3.63) is 79.4 Å². The highest BCUT2D eigenvalue weighted by Crippen LogP contribution is 2.44. The summed E-state index contributed by atoms with van der Waals surface area (Å²) in [4.78, 5) is 0.297. The van der Waals surface area contributed by atoms with Gasteiger partial charge in [-0.15, -0.1) is 6.58 Å². The van der Waals surface area contributed by atoms with Gasteiger partial charge in [0.1, 0.15) is 0 Å². The average Bonchev–Trinajstić information content (AvgIpc) is 3.67. The third kappa shape index (κ3) is 13.6. The minimum absolute atomic E-state index is 0.00873. The highest BCUT2D eigenvalue weighted by atomic mass is 32.2. The molecule has 12 heteroatoms. The monoisotopic (exact) mass is 889 g/mol. The third-order valence-electron chi connectivity index (χ3n) is 13.9. The van der Waals surface area contributed by atoms with Crippen LogP contribution < -0.4 is 0 Å². The van der Waals surface area contributed by atoms with E-state index in [4.69, 9.17) is 32.5 Å². The quantitative estimate of drug-likeness (QED) is 0.0679. The van der Waals surface area contributed by atoms with Crippen LogP contribution in [0.3, 0.4) is 0 Å². The number of methoxy groups -OCH3 is 1. The van der Waals surface area contributed by atoms with Gasteiger partial charge >= 0.3 is 0 Å². The predicted molar refractivity (Wildman–Crippen MR) is 249 cm³/mol. The molecule has 0 amide bonds. The lowest BCUT2D eigenvalue weighted by atomic mass is 9.83. The Labute approximate surface area is 366 Å². The van der Waals surface area contributed by atoms with Gasteiger partial charge in [0.2, 0.25) is 0 Å². The zero-order chi connectivity index (χ0) is 44.7. The summed E-state index contributed by atoms with van der Waals surface area (Å²) in [5.74, 6) is -0.334. The highest BCUT2D eigenvalue weighted by Gasteiger charge is 2.50. The maximum atomic E-state index is 14.1. The molecular weight excluding hydrogens is 809 g/mol. The molecule has 3 aliphatic rings. The van der Waals surface area contributed by atoms with Crippen LogP contribution in [0.4, 0.5) is 0 Å². The molecule has 0 spiro atoms. The molecule has 9 nitrogen and oxygen atoms in total. The highest BCUT2D eigenvalue weighted by molar-refractivity contribution is 7.91. The van der Waals surface area contributed by atoms with Gasteiger partial charge in [-0.1, -0.05) is 98.1 Å². The zero-order valence-electron chi connectivity index (χ0n) is 39.2. The molecule has 0 aliphatic carbocycles. The molecule has 340 valence electrons. The van der Waals surface area contributed by atoms with Gasteiger partial charge in [-0.3, -0.25) is 0 Å². The molecule has 7 unspecified atom stereocenters. The van der Waals surface area contributed by atoms with Crippen LogP contribution in [0.1, 0.15) is 87.0 Å². The maximum Gasteiger partial charge on any atom is 0.192 e. The van der Waals surface area contributed by atoms with E-state index in [1.54, 1.807) is 37.5 Å². The molecule has 4 rings (SSSR count). The Balaban J connectivity index is 1.56. The van der Waals surface area contributed by atoms with Crippen LogP contribution in [0.15, 0.2) is 84.3 Å². The van der Waals surface area contributed by atoms with Crippen LogP contribution in [-0.2, 0) is 42.4 Å². The first-order valence-electron chi connectivity index (χ1n) is 22.2. The maximum absolute atomic E-state index is 14.1. The van der Waals surface area contributed by atoms with Crippen LogP contribution in [0, 0.1) is 11.8 Å². The van der Waals surface area contributed by atoms with Crippen LogP contribution >= 0.6 is 0 Å². The fraction of sp³-hybridized carbons (Fsp3) is 0.708. The fourth-order valence-corrected chi connectivity index (χ4v) is 12.1. The molecule has 3 fully saturated rings. The van der Waals surface area contributed by atoms with Gasteiger partial charge in [0.15, 0.2) is 26.5 Å². The number of rotatable bonds is 21. The van der Waals surface area contributed by atoms with Gasteiger partial charge in [0, 0.05) is 32.3 Å². The van der Waals surface area contributed by atoms with E-state index < -0.39 is 50.7 Å². The average molecular weight is 889 g/mol. The van der Waals surface area contributed by atoms with Crippen molar-refractivity contribution in [3.8, 4) is 0 Å². The molecule has 1 aromatic carbocycles. The zero-order valence-corrected chi connectivity index (χ0v) is 42.0. The third-order valence-corrected chi connectivity index (χ3v) is 24.7. The second-order valence-corrected chi connectivity index (χ2v) is 32.1. The summed E-state index contributed by atoms with van der Waals surface area (Å²) in [6, 6.07) is 8.70. The molecule has 0 aromatic heterocycles. The first-order chi connectivity index (χ1) is 27.9. The second kappa shape index (κ2) is 21.3. The first-order valence-corrected chi connectivity index (χ1v) is 29.7. The first kappa shape index (κ1) is 50.9. The van der Waals surface area contributed by atoms with Gasteiger partial charge in [0.25, 0.3) is 0 Å². The molecule has 10 atom stereocenters. The van der Waals surface area contributed by atoms with Crippen molar-refractivity contribution >= 4 is 26.5 Å². The van der Waals surface area contributed by atoms with E-state index in [1.807, 2.05) is 12.1 Å². The lowest BCUT2D eigenvalue weighted by Crippen LogP contribution is -2.49. The molecule has 3 heterocycles. The summed E-state index contributed by atoms with van der Waals surface area (Å²) in [6.45, 7) is 38.8. The Morgan fingerprint density at radius 2 is 1.57 bits per heavy atom. The van der Waals surface area contributed by atoms with E-state index in [-0.39, 0.29) is 52.3 Å². The summed E-state index contributed by atoms with van der Waals surface area (Å²) in [7, 11) is -6.37. The SMILES string of the molecule is C=CCOC/C=C/C1CC(=C)[C@H](CCC2C[C@@H](C)C(=C)C(CC3OC(CC(CO[Si](C)(C)C(C)(C)C)O[Si](C)(C)C(C)(C)C)[C@H](OC)C3CS(=O)(=O)c3ccccc3)O2)O1. The molecule has 0 bridgehead atoms. The van der Waals surface area contributed by atoms with Gasteiger partial charge in [-0.25, -0.2) is 8.42 Å². The topological polar surface area (TPSA) is 98.8 Å². The minimum Gasteiger partial charge on any atom is -0.414 e. The smallest absolute Gasteiger partial charge is 0.192 e. The van der Waals surface area contributed by atoms with Crippen molar-refractivity contribution in [1.82, 2.24) is 0 Å². The Bertz CT molecular complexity index is 1700. The molecule has 0 radical (unpaired) electrons. The predicted octanol–water partition coefficient (Wildman–Crippen LogP) is 10.7. The van der Waals surface area contributed by atoms with Crippen molar-refractivity contribution in [3.63, 3.8) is 0 Å². The van der Waals surface area contributed by atoms with Crippen molar-refractivity contribution in [1.29, 1.82) is 0 Å². The number of hydrogen-bond acceptors (Lipinski definition) is 9. The molecule has 0 N–H and O–H groups in total. The van der Waals surface area contributed by atoms with Crippen LogP contribution in [0.25, 0.3) is 0 Å². The summed E-state index contributed by atoms with van der Waals surface area (Å²) in [6.07, 6.45) is 8.11. The van der Waals surface area contributed by atoms with Crippen LogP contribution in [-0.4, -0.2) is 107 Å². The lowest BCUT2D eigenvalue weighted by molar-refractivity contribution is -0.0777. The van der Waals surface area contributed by atoms with Gasteiger partial charge in [-0.05, 0) is 84.7 Å². The summed E-state index contributed by atoms with van der Waals surface area (Å²) < 4.78 is 74.3. The largest absolute Gasteiger partial charge is 0.414 e. The Morgan fingerprint density at radius 1 is 0.900 bits per heavy atom. The standard InChI is InChI=1S/C48H80O9SSi2/c1-16-26-52-27-20-21-37-29-35(3)42(54-37)25-24-38-28-34(2)36(4)43(55-38)31-44-41(33-58(49,50)40-22-18-17-19-23-40)46(51-11)45(56-44)30-39(57-60(14,15)48(8,9)10)32-53-59(12,13)47(5,6)7/h16-23,34,37-39,41-46H,1,3-4,24-33H2,2,5-15H3/b21-20+/t34-,37?,38?,39?,41?,42+,43?,44?,45?,46-/m1/s1. The minimum atomic E-state index is -3.68. The van der Waals surface area contributed by atoms with Gasteiger partial charge < -0.3 is 32.5 Å². The van der Waals surface area contributed by atoms with E-state index >= 15 is 0 Å². The van der Waals surface area contributed by atoms with Crippen LogP contribution in [0.5, 0.6) is 0 Å². The van der Waals surface area contributed by atoms with Crippen molar-refractivity contribution in [2.45, 2.75) is 177 Å². The number of ether oxygens (including phenoxy) is 5. The molecule has 60 heavy (non-hydrogen) atoms. The Hall–Kier alpha value is -1.72. The summed E-state index contributed by atoms with van der Waals surface area (Å²) in [5.41, 5.74) is 2.12. The molecule has 3 saturated heterocycles. The Morgan fingerprint density at radius 3 is 2.18 bits per heavy atom. The number of sulfone groups is 1. The normalized spacial score (nSPS) is 29.1. The Kier molecular flexibility index (Phi) is 18.1. The molecular formula is C48H80O9SSi2. The van der Waals surface area contributed by atoms with Crippen molar-refractivity contribution < 1.29 is 41.0 Å². The van der Waals surface area contributed by atoms with E-state index in [0.717, 1.165) is 36.8 Å². The summed E-state index contributed by atoms with van der Waals surface area (Å²) in [5, 5.41) is 0.0161. The number of hydrogen-bond donors (Lipinski definition) is 0. The number of benzene rings is 1. The lowest BCUT2D eigenvalue weighted by Gasteiger charge is -2.42. The van der Waals surface area contributed by atoms with Gasteiger partial charge in [-0.2, -0.15) is 0 Å². The molecule has 1 aromatic rings.